The zero-order valence-corrected chi connectivity index (χ0v) is 10.6. The second-order valence-corrected chi connectivity index (χ2v) is 5.34. The van der Waals surface area contributed by atoms with Crippen molar-refractivity contribution in [2.24, 2.45) is 0 Å². The van der Waals surface area contributed by atoms with Gasteiger partial charge in [-0.2, -0.15) is 0 Å². The van der Waals surface area contributed by atoms with Crippen LogP contribution in [0.5, 0.6) is 0 Å². The molecular weight excluding hydrogens is 242 g/mol. The maximum atomic E-state index is 11.2. The Balaban J connectivity index is 2.63. The minimum atomic E-state index is -0.843. The molecule has 0 bridgehead atoms. The van der Waals surface area contributed by atoms with Crippen molar-refractivity contribution >= 4 is 22.3 Å². The Morgan fingerprint density at radius 1 is 1.59 bits per heavy atom. The highest BCUT2D eigenvalue weighted by Crippen LogP contribution is 2.19. The molecule has 94 valence electrons. The minimum absolute atomic E-state index is 0.0408. The van der Waals surface area contributed by atoms with Crippen molar-refractivity contribution in [3.05, 3.63) is 27.9 Å². The van der Waals surface area contributed by atoms with E-state index >= 15 is 0 Å². The lowest BCUT2D eigenvalue weighted by molar-refractivity contribution is -0.385. The van der Waals surface area contributed by atoms with Gasteiger partial charge in [0.25, 0.3) is 5.69 Å². The van der Waals surface area contributed by atoms with E-state index < -0.39 is 15.7 Å². The first-order valence-electron chi connectivity index (χ1n) is 5.24. The summed E-state index contributed by atoms with van der Waals surface area (Å²) in [5.41, 5.74) is 0.566. The van der Waals surface area contributed by atoms with E-state index in [-0.39, 0.29) is 5.69 Å². The van der Waals surface area contributed by atoms with E-state index in [1.165, 1.54) is 12.3 Å². The number of nitrogens with one attached hydrogen (secondary N) is 1. The van der Waals surface area contributed by atoms with Gasteiger partial charge in [0.1, 0.15) is 5.82 Å². The predicted molar refractivity (Wildman–Crippen MR) is 67.7 cm³/mol. The molecule has 17 heavy (non-hydrogen) atoms. The molecule has 1 unspecified atom stereocenters. The normalized spacial score (nSPS) is 12.1. The topological polar surface area (TPSA) is 85.1 Å². The summed E-state index contributed by atoms with van der Waals surface area (Å²) in [6.07, 6.45) is 1.46. The number of rotatable bonds is 6. The summed E-state index contributed by atoms with van der Waals surface area (Å²) in [4.78, 5) is 14.3. The molecule has 0 amide bonds. The Morgan fingerprint density at radius 3 is 2.88 bits per heavy atom. The van der Waals surface area contributed by atoms with Gasteiger partial charge in [-0.15, -0.1) is 0 Å². The minimum Gasteiger partial charge on any atom is -0.369 e. The molecule has 0 spiro atoms. The van der Waals surface area contributed by atoms with Crippen molar-refractivity contribution in [1.82, 2.24) is 4.98 Å². The van der Waals surface area contributed by atoms with Gasteiger partial charge in [0, 0.05) is 40.6 Å². The third-order valence-corrected chi connectivity index (χ3v) is 3.53. The number of nitro groups is 1. The number of aryl methyl sites for hydroxylation is 1. The van der Waals surface area contributed by atoms with Crippen molar-refractivity contribution in [3.63, 3.8) is 0 Å². The molecule has 0 saturated carbocycles. The molecule has 1 heterocycles. The van der Waals surface area contributed by atoms with E-state index in [0.29, 0.717) is 29.4 Å². The number of hydrogen-bond acceptors (Lipinski definition) is 5. The van der Waals surface area contributed by atoms with Crippen molar-refractivity contribution in [1.29, 1.82) is 0 Å². The molecule has 0 fully saturated rings. The number of anilines is 1. The van der Waals surface area contributed by atoms with Crippen LogP contribution in [0.3, 0.4) is 0 Å². The molecule has 1 aromatic rings. The van der Waals surface area contributed by atoms with Gasteiger partial charge in [-0.1, -0.05) is 6.92 Å². The lowest BCUT2D eigenvalue weighted by Gasteiger charge is -2.05. The molecule has 1 rings (SSSR count). The summed E-state index contributed by atoms with van der Waals surface area (Å²) in [7, 11) is -0.843. The molecular formula is C10H15N3O3S. The van der Waals surface area contributed by atoms with E-state index in [1.807, 2.05) is 6.92 Å². The summed E-state index contributed by atoms with van der Waals surface area (Å²) in [5.74, 6) is 1.57. The predicted octanol–water partition coefficient (Wildman–Crippen LogP) is 1.48. The first kappa shape index (κ1) is 13.6. The monoisotopic (exact) mass is 257 g/mol. The molecule has 7 heteroatoms. The molecule has 1 atom stereocenters. The van der Waals surface area contributed by atoms with Gasteiger partial charge < -0.3 is 5.32 Å². The Hall–Kier alpha value is -1.50. The molecule has 1 N–H and O–H groups in total. The van der Waals surface area contributed by atoms with Crippen molar-refractivity contribution in [2.75, 3.05) is 23.4 Å². The molecule has 1 aromatic heterocycles. The van der Waals surface area contributed by atoms with Crippen LogP contribution in [0.15, 0.2) is 12.3 Å². The highest BCUT2D eigenvalue weighted by Gasteiger charge is 2.11. The van der Waals surface area contributed by atoms with E-state index in [4.69, 9.17) is 0 Å². The Morgan fingerprint density at radius 2 is 2.29 bits per heavy atom. The lowest BCUT2D eigenvalue weighted by atomic mass is 10.2. The van der Waals surface area contributed by atoms with Crippen LogP contribution in [0.2, 0.25) is 0 Å². The van der Waals surface area contributed by atoms with E-state index in [0.717, 1.165) is 0 Å². The summed E-state index contributed by atoms with van der Waals surface area (Å²) in [6, 6.07) is 1.39. The maximum absolute atomic E-state index is 11.2. The Kier molecular flexibility index (Phi) is 5.02. The standard InChI is InChI=1S/C10H15N3O3S/c1-3-17(16)5-4-11-10-6-9(13(14)15)8(2)7-12-10/h6-7H,3-5H2,1-2H3,(H,11,12). The molecule has 0 radical (unpaired) electrons. The Labute approximate surface area is 102 Å². The summed E-state index contributed by atoms with van der Waals surface area (Å²) < 4.78 is 11.2. The van der Waals surface area contributed by atoms with E-state index in [9.17, 15) is 14.3 Å². The third-order valence-electron chi connectivity index (χ3n) is 2.23. The molecule has 0 aliphatic heterocycles. The van der Waals surface area contributed by atoms with Gasteiger partial charge in [0.2, 0.25) is 0 Å². The van der Waals surface area contributed by atoms with E-state index in [1.54, 1.807) is 6.92 Å². The smallest absolute Gasteiger partial charge is 0.277 e. The summed E-state index contributed by atoms with van der Waals surface area (Å²) in [5, 5.41) is 13.6. The van der Waals surface area contributed by atoms with Gasteiger partial charge in [-0.3, -0.25) is 14.3 Å². The molecule has 0 saturated heterocycles. The van der Waals surface area contributed by atoms with Crippen LogP contribution in [0, 0.1) is 17.0 Å². The lowest BCUT2D eigenvalue weighted by Crippen LogP contribution is -2.13. The quantitative estimate of drug-likeness (QED) is 0.616. The van der Waals surface area contributed by atoms with Gasteiger partial charge in [0.15, 0.2) is 0 Å². The van der Waals surface area contributed by atoms with Crippen LogP contribution in [0.1, 0.15) is 12.5 Å². The zero-order valence-electron chi connectivity index (χ0n) is 9.80. The van der Waals surface area contributed by atoms with Crippen LogP contribution < -0.4 is 5.32 Å². The maximum Gasteiger partial charge on any atom is 0.277 e. The number of nitrogens with zero attached hydrogens (tertiary/aromatic N) is 2. The summed E-state index contributed by atoms with van der Waals surface area (Å²) in [6.45, 7) is 3.99. The van der Waals surface area contributed by atoms with Crippen LogP contribution in [-0.4, -0.2) is 32.2 Å². The molecule has 0 aliphatic rings. The average molecular weight is 257 g/mol. The second-order valence-electron chi connectivity index (χ2n) is 3.47. The van der Waals surface area contributed by atoms with Crippen LogP contribution in [0.4, 0.5) is 11.5 Å². The van der Waals surface area contributed by atoms with Crippen molar-refractivity contribution < 1.29 is 9.13 Å². The summed E-state index contributed by atoms with van der Waals surface area (Å²) >= 11 is 0. The SMILES string of the molecule is CCS(=O)CCNc1cc([N+](=O)[O-])c(C)cn1. The first-order chi connectivity index (χ1) is 8.04. The van der Waals surface area contributed by atoms with Crippen LogP contribution >= 0.6 is 0 Å². The van der Waals surface area contributed by atoms with Gasteiger partial charge in [-0.05, 0) is 6.92 Å². The molecule has 0 aromatic carbocycles. The highest BCUT2D eigenvalue weighted by atomic mass is 32.2. The number of pyridine rings is 1. The second kappa shape index (κ2) is 6.29. The largest absolute Gasteiger partial charge is 0.369 e. The number of hydrogen-bond donors (Lipinski definition) is 1. The fraction of sp³-hybridized carbons (Fsp3) is 0.500. The number of aromatic nitrogens is 1. The van der Waals surface area contributed by atoms with Crippen molar-refractivity contribution in [3.8, 4) is 0 Å². The molecule has 6 nitrogen and oxygen atoms in total. The fourth-order valence-corrected chi connectivity index (χ4v) is 1.86. The van der Waals surface area contributed by atoms with Crippen LogP contribution in [0.25, 0.3) is 0 Å². The van der Waals surface area contributed by atoms with Crippen molar-refractivity contribution in [2.45, 2.75) is 13.8 Å². The van der Waals surface area contributed by atoms with Gasteiger partial charge in [0.05, 0.1) is 11.0 Å². The zero-order chi connectivity index (χ0) is 12.8. The molecule has 0 aliphatic carbocycles. The average Bonchev–Trinajstić information content (AvgIpc) is 2.30. The Bertz CT molecular complexity index is 437. The van der Waals surface area contributed by atoms with Gasteiger partial charge in [-0.25, -0.2) is 4.98 Å². The highest BCUT2D eigenvalue weighted by molar-refractivity contribution is 7.84. The fourth-order valence-electron chi connectivity index (χ4n) is 1.24. The van der Waals surface area contributed by atoms with Gasteiger partial charge >= 0.3 is 0 Å². The van der Waals surface area contributed by atoms with E-state index in [2.05, 4.69) is 10.3 Å². The first-order valence-corrected chi connectivity index (χ1v) is 6.73. The third kappa shape index (κ3) is 4.10. The van der Waals surface area contributed by atoms with Crippen LogP contribution in [-0.2, 0) is 10.8 Å².